The highest BCUT2D eigenvalue weighted by molar-refractivity contribution is 5.81. The predicted molar refractivity (Wildman–Crippen MR) is 86.0 cm³/mol. The molecule has 0 aliphatic carbocycles. The van der Waals surface area contributed by atoms with E-state index in [2.05, 4.69) is 4.98 Å². The van der Waals surface area contributed by atoms with Crippen LogP contribution in [-0.4, -0.2) is 28.9 Å². The molecular weight excluding hydrogens is 298 g/mol. The van der Waals surface area contributed by atoms with Crippen LogP contribution in [0.4, 0.5) is 0 Å². The SMILES string of the molecule is CC(=O)[C@H](C)n1c(=O)c2c(nc3n(C)c(C)c(C)n23)n(C)c1=O. The summed E-state index contributed by atoms with van der Waals surface area (Å²) in [5.41, 5.74) is 1.46. The monoisotopic (exact) mass is 317 g/mol. The van der Waals surface area contributed by atoms with Gasteiger partial charge in [0, 0.05) is 25.5 Å². The average molecular weight is 317 g/mol. The second-order valence-corrected chi connectivity index (χ2v) is 5.95. The van der Waals surface area contributed by atoms with Gasteiger partial charge in [0.05, 0.1) is 6.04 Å². The second-order valence-electron chi connectivity index (χ2n) is 5.95. The highest BCUT2D eigenvalue weighted by Gasteiger charge is 2.24. The molecule has 0 unspecified atom stereocenters. The molecule has 8 heteroatoms. The molecule has 23 heavy (non-hydrogen) atoms. The summed E-state index contributed by atoms with van der Waals surface area (Å²) >= 11 is 0. The van der Waals surface area contributed by atoms with Gasteiger partial charge in [-0.1, -0.05) is 0 Å². The van der Waals surface area contributed by atoms with Crippen LogP contribution < -0.4 is 11.2 Å². The van der Waals surface area contributed by atoms with Crippen molar-refractivity contribution >= 4 is 22.7 Å². The molecule has 0 saturated carbocycles. The Morgan fingerprint density at radius 3 is 2.26 bits per heavy atom. The van der Waals surface area contributed by atoms with Crippen LogP contribution in [0.1, 0.15) is 31.3 Å². The van der Waals surface area contributed by atoms with Crippen LogP contribution in [-0.2, 0) is 18.9 Å². The van der Waals surface area contributed by atoms with Gasteiger partial charge in [-0.3, -0.25) is 18.6 Å². The Morgan fingerprint density at radius 1 is 1.09 bits per heavy atom. The average Bonchev–Trinajstić information content (AvgIpc) is 2.98. The van der Waals surface area contributed by atoms with E-state index >= 15 is 0 Å². The lowest BCUT2D eigenvalue weighted by molar-refractivity contribution is -0.119. The van der Waals surface area contributed by atoms with Crippen molar-refractivity contribution in [3.05, 3.63) is 32.2 Å². The number of Topliss-reactive ketones (excluding diaryl/α,β-unsaturated/α-hetero) is 1. The zero-order chi connectivity index (χ0) is 17.2. The van der Waals surface area contributed by atoms with Gasteiger partial charge in [-0.15, -0.1) is 0 Å². The molecule has 0 saturated heterocycles. The second kappa shape index (κ2) is 4.68. The number of hydrogen-bond acceptors (Lipinski definition) is 4. The summed E-state index contributed by atoms with van der Waals surface area (Å²) in [6, 6.07) is -0.818. The summed E-state index contributed by atoms with van der Waals surface area (Å²) in [6.07, 6.45) is 0. The number of ketones is 1. The first kappa shape index (κ1) is 15.3. The van der Waals surface area contributed by atoms with Crippen molar-refractivity contribution in [2.75, 3.05) is 0 Å². The van der Waals surface area contributed by atoms with E-state index in [0.29, 0.717) is 16.9 Å². The molecule has 0 fully saturated rings. The maximum atomic E-state index is 12.9. The van der Waals surface area contributed by atoms with Crippen molar-refractivity contribution in [3.8, 4) is 0 Å². The Labute approximate surface area is 131 Å². The van der Waals surface area contributed by atoms with E-state index in [9.17, 15) is 14.4 Å². The summed E-state index contributed by atoms with van der Waals surface area (Å²) in [6.45, 7) is 6.75. The zero-order valence-corrected chi connectivity index (χ0v) is 14.0. The van der Waals surface area contributed by atoms with Gasteiger partial charge in [0.2, 0.25) is 5.78 Å². The third-order valence-corrected chi connectivity index (χ3v) is 4.71. The molecule has 8 nitrogen and oxygen atoms in total. The van der Waals surface area contributed by atoms with Crippen molar-refractivity contribution in [3.63, 3.8) is 0 Å². The number of nitrogens with zero attached hydrogens (tertiary/aromatic N) is 5. The standard InChI is InChI=1S/C15H19N5O3/c1-7-8(2)19-11-12(16-14(19)17(7)5)18(6)15(23)20(13(11)22)9(3)10(4)21/h9H,1-6H3/t9-/m0/s1. The summed E-state index contributed by atoms with van der Waals surface area (Å²) in [5, 5.41) is 0. The Kier molecular flexibility index (Phi) is 3.10. The Balaban J connectivity index is 2.63. The third-order valence-electron chi connectivity index (χ3n) is 4.71. The Bertz CT molecular complexity index is 1090. The molecule has 0 amide bonds. The molecule has 0 spiro atoms. The van der Waals surface area contributed by atoms with Gasteiger partial charge in [-0.25, -0.2) is 9.36 Å². The summed E-state index contributed by atoms with van der Waals surface area (Å²) < 4.78 is 5.94. The minimum Gasteiger partial charge on any atom is -0.317 e. The number of imidazole rings is 2. The quantitative estimate of drug-likeness (QED) is 0.687. The van der Waals surface area contributed by atoms with Crippen LogP contribution in [0.5, 0.6) is 0 Å². The van der Waals surface area contributed by atoms with Gasteiger partial charge in [0.25, 0.3) is 5.56 Å². The van der Waals surface area contributed by atoms with Crippen molar-refractivity contribution in [2.24, 2.45) is 14.1 Å². The summed E-state index contributed by atoms with van der Waals surface area (Å²) in [7, 11) is 3.42. The van der Waals surface area contributed by atoms with Gasteiger partial charge < -0.3 is 4.57 Å². The minimum absolute atomic E-state index is 0.245. The maximum Gasteiger partial charge on any atom is 0.333 e. The number of rotatable bonds is 2. The van der Waals surface area contributed by atoms with Gasteiger partial charge in [0.15, 0.2) is 16.9 Å². The fraction of sp³-hybridized carbons (Fsp3) is 0.467. The van der Waals surface area contributed by atoms with E-state index in [1.807, 2.05) is 25.5 Å². The predicted octanol–water partition coefficient (Wildman–Crippen LogP) is 0.453. The molecule has 1 atom stereocenters. The van der Waals surface area contributed by atoms with Gasteiger partial charge >= 0.3 is 5.69 Å². The topological polar surface area (TPSA) is 83.3 Å². The number of carbonyl (C=O) groups is 1. The maximum absolute atomic E-state index is 12.9. The molecule has 122 valence electrons. The third kappa shape index (κ3) is 1.77. The van der Waals surface area contributed by atoms with Crippen molar-refractivity contribution in [2.45, 2.75) is 33.7 Å². The Morgan fingerprint density at radius 2 is 1.70 bits per heavy atom. The smallest absolute Gasteiger partial charge is 0.317 e. The molecule has 3 aromatic heterocycles. The van der Waals surface area contributed by atoms with Gasteiger partial charge in [0.1, 0.15) is 0 Å². The Hall–Kier alpha value is -2.64. The van der Waals surface area contributed by atoms with Gasteiger partial charge in [-0.05, 0) is 27.7 Å². The first-order valence-electron chi connectivity index (χ1n) is 7.34. The molecule has 3 aromatic rings. The number of fused-ring (bicyclic) bond motifs is 3. The van der Waals surface area contributed by atoms with E-state index in [4.69, 9.17) is 0 Å². The zero-order valence-electron chi connectivity index (χ0n) is 14.0. The van der Waals surface area contributed by atoms with E-state index in [-0.39, 0.29) is 5.78 Å². The lowest BCUT2D eigenvalue weighted by Crippen LogP contribution is -2.42. The van der Waals surface area contributed by atoms with Crippen LogP contribution in [0.2, 0.25) is 0 Å². The molecule has 0 radical (unpaired) electrons. The van der Waals surface area contributed by atoms with Crippen LogP contribution >= 0.6 is 0 Å². The number of carbonyl (C=O) groups excluding carboxylic acids is 1. The number of hydrogen-bond donors (Lipinski definition) is 0. The molecule has 0 aliphatic rings. The molecule has 3 heterocycles. The molecule has 0 bridgehead atoms. The first-order valence-corrected chi connectivity index (χ1v) is 7.34. The number of aromatic nitrogens is 5. The van der Waals surface area contributed by atoms with Gasteiger partial charge in [-0.2, -0.15) is 4.98 Å². The summed E-state index contributed by atoms with van der Waals surface area (Å²) in [4.78, 5) is 41.6. The molecule has 0 aromatic carbocycles. The van der Waals surface area contributed by atoms with Crippen molar-refractivity contribution < 1.29 is 4.79 Å². The highest BCUT2D eigenvalue weighted by Crippen LogP contribution is 2.19. The largest absolute Gasteiger partial charge is 0.333 e. The first-order chi connectivity index (χ1) is 10.7. The van der Waals surface area contributed by atoms with E-state index < -0.39 is 17.3 Å². The fourth-order valence-corrected chi connectivity index (χ4v) is 2.90. The van der Waals surface area contributed by atoms with E-state index in [1.54, 1.807) is 18.4 Å². The van der Waals surface area contributed by atoms with Crippen molar-refractivity contribution in [1.82, 2.24) is 23.1 Å². The highest BCUT2D eigenvalue weighted by atomic mass is 16.2. The van der Waals surface area contributed by atoms with E-state index in [1.165, 1.54) is 11.5 Å². The summed E-state index contributed by atoms with van der Waals surface area (Å²) in [5.74, 6) is 0.348. The van der Waals surface area contributed by atoms with Crippen LogP contribution in [0.15, 0.2) is 9.59 Å². The molecular formula is C15H19N5O3. The minimum atomic E-state index is -0.818. The van der Waals surface area contributed by atoms with Crippen LogP contribution in [0.25, 0.3) is 16.9 Å². The van der Waals surface area contributed by atoms with Crippen LogP contribution in [0, 0.1) is 13.8 Å². The normalized spacial score (nSPS) is 13.1. The van der Waals surface area contributed by atoms with E-state index in [0.717, 1.165) is 16.0 Å². The van der Waals surface area contributed by atoms with Crippen LogP contribution in [0.3, 0.4) is 0 Å². The fourth-order valence-electron chi connectivity index (χ4n) is 2.90. The molecule has 0 aliphatic heterocycles. The lowest BCUT2D eigenvalue weighted by atomic mass is 10.2. The molecule has 0 N–H and O–H groups in total. The number of aryl methyl sites for hydroxylation is 3. The molecule has 3 rings (SSSR count). The van der Waals surface area contributed by atoms with Crippen molar-refractivity contribution in [1.29, 1.82) is 0 Å². The lowest BCUT2D eigenvalue weighted by Gasteiger charge is -2.12.